The average molecular weight is 293 g/mol. The molecule has 1 saturated heterocycles. The molecular weight excluding hydrogens is 265 g/mol. The minimum Gasteiger partial charge on any atom is -0.371 e. The number of halogens is 1. The third-order valence-electron chi connectivity index (χ3n) is 4.10. The Labute approximate surface area is 128 Å². The van der Waals surface area contributed by atoms with Crippen molar-refractivity contribution in [3.63, 3.8) is 0 Å². The third-order valence-corrected chi connectivity index (χ3v) is 4.10. The number of nitrogens with zero attached hydrogens (tertiary/aromatic N) is 2. The molecule has 1 N–H and O–H groups in total. The summed E-state index contributed by atoms with van der Waals surface area (Å²) in [5.74, 6) is -0.123. The standard InChI is InChI=1S/C17H28FN3/c1-14(2)19-13-15-7-6-8-16(18)17(15)20(3)11-12-21-9-4-5-10-21/h6-8,14,19H,4-5,9-13H2,1-3H3. The number of nitrogens with one attached hydrogen (secondary N) is 1. The molecule has 1 aliphatic rings. The molecule has 118 valence electrons. The number of hydrogen-bond donors (Lipinski definition) is 1. The first kappa shape index (κ1) is 16.2. The van der Waals surface area contributed by atoms with Crippen LogP contribution in [0.5, 0.6) is 0 Å². The van der Waals surface area contributed by atoms with Crippen LogP contribution in [0.1, 0.15) is 32.3 Å². The van der Waals surface area contributed by atoms with Crippen LogP contribution in [0.25, 0.3) is 0 Å². The van der Waals surface area contributed by atoms with Crippen molar-refractivity contribution in [3.8, 4) is 0 Å². The molecule has 0 unspecified atom stereocenters. The molecule has 0 radical (unpaired) electrons. The fourth-order valence-electron chi connectivity index (χ4n) is 2.85. The van der Waals surface area contributed by atoms with Crippen LogP contribution in [-0.2, 0) is 6.54 Å². The van der Waals surface area contributed by atoms with E-state index in [9.17, 15) is 4.39 Å². The van der Waals surface area contributed by atoms with E-state index in [1.807, 2.05) is 13.1 Å². The molecule has 0 spiro atoms. The number of likely N-dealkylation sites (N-methyl/N-ethyl adjacent to an activating group) is 1. The quantitative estimate of drug-likeness (QED) is 0.834. The molecule has 1 aliphatic heterocycles. The van der Waals surface area contributed by atoms with Crippen LogP contribution in [0.2, 0.25) is 0 Å². The number of para-hydroxylation sites is 1. The van der Waals surface area contributed by atoms with Crippen molar-refractivity contribution in [2.75, 3.05) is 38.1 Å². The highest BCUT2D eigenvalue weighted by molar-refractivity contribution is 5.54. The SMILES string of the molecule is CC(C)NCc1cccc(F)c1N(C)CCN1CCCC1. The van der Waals surface area contributed by atoms with Gasteiger partial charge in [0.05, 0.1) is 5.69 Å². The summed E-state index contributed by atoms with van der Waals surface area (Å²) >= 11 is 0. The number of benzene rings is 1. The van der Waals surface area contributed by atoms with Gasteiger partial charge in [-0.1, -0.05) is 26.0 Å². The Hall–Kier alpha value is -1.13. The normalized spacial score (nSPS) is 15.9. The predicted octanol–water partition coefficient (Wildman–Crippen LogP) is 2.86. The predicted molar refractivity (Wildman–Crippen MR) is 87.3 cm³/mol. The maximum atomic E-state index is 14.2. The lowest BCUT2D eigenvalue weighted by molar-refractivity contribution is 0.346. The van der Waals surface area contributed by atoms with Crippen molar-refractivity contribution in [1.82, 2.24) is 10.2 Å². The van der Waals surface area contributed by atoms with Gasteiger partial charge in [-0.3, -0.25) is 0 Å². The Morgan fingerprint density at radius 1 is 1.29 bits per heavy atom. The molecule has 3 nitrogen and oxygen atoms in total. The van der Waals surface area contributed by atoms with Gasteiger partial charge in [0, 0.05) is 32.7 Å². The molecule has 0 saturated carbocycles. The van der Waals surface area contributed by atoms with E-state index in [0.29, 0.717) is 12.6 Å². The van der Waals surface area contributed by atoms with Crippen LogP contribution in [0.3, 0.4) is 0 Å². The number of likely N-dealkylation sites (tertiary alicyclic amines) is 1. The molecule has 1 heterocycles. The molecule has 1 fully saturated rings. The Balaban J connectivity index is 2.01. The van der Waals surface area contributed by atoms with Gasteiger partial charge in [-0.05, 0) is 37.6 Å². The Kier molecular flexibility index (Phi) is 6.00. The van der Waals surface area contributed by atoms with Crippen LogP contribution in [0.15, 0.2) is 18.2 Å². The van der Waals surface area contributed by atoms with Crippen LogP contribution < -0.4 is 10.2 Å². The maximum absolute atomic E-state index is 14.2. The molecule has 0 amide bonds. The molecule has 0 aromatic heterocycles. The first-order chi connectivity index (χ1) is 10.1. The highest BCUT2D eigenvalue weighted by Gasteiger charge is 2.16. The lowest BCUT2D eigenvalue weighted by Crippen LogP contribution is -2.33. The first-order valence-corrected chi connectivity index (χ1v) is 8.02. The summed E-state index contributed by atoms with van der Waals surface area (Å²) in [6.45, 7) is 9.18. The molecule has 1 aromatic rings. The summed E-state index contributed by atoms with van der Waals surface area (Å²) in [6, 6.07) is 5.77. The molecule has 2 rings (SSSR count). The highest BCUT2D eigenvalue weighted by atomic mass is 19.1. The topological polar surface area (TPSA) is 18.5 Å². The molecule has 1 aromatic carbocycles. The Morgan fingerprint density at radius 2 is 2.00 bits per heavy atom. The summed E-state index contributed by atoms with van der Waals surface area (Å²) < 4.78 is 14.2. The zero-order valence-electron chi connectivity index (χ0n) is 13.5. The second-order valence-corrected chi connectivity index (χ2v) is 6.25. The molecule has 0 bridgehead atoms. The van der Waals surface area contributed by atoms with Crippen LogP contribution in [0.4, 0.5) is 10.1 Å². The van der Waals surface area contributed by atoms with E-state index in [1.54, 1.807) is 12.1 Å². The number of anilines is 1. The van der Waals surface area contributed by atoms with Gasteiger partial charge in [-0.2, -0.15) is 0 Å². The minimum atomic E-state index is -0.123. The minimum absolute atomic E-state index is 0.123. The van der Waals surface area contributed by atoms with Gasteiger partial charge in [-0.25, -0.2) is 4.39 Å². The van der Waals surface area contributed by atoms with Gasteiger partial charge in [0.1, 0.15) is 5.82 Å². The zero-order chi connectivity index (χ0) is 15.2. The molecule has 0 aliphatic carbocycles. The van der Waals surface area contributed by atoms with Gasteiger partial charge < -0.3 is 15.1 Å². The van der Waals surface area contributed by atoms with E-state index in [0.717, 1.165) is 24.3 Å². The fourth-order valence-corrected chi connectivity index (χ4v) is 2.85. The van der Waals surface area contributed by atoms with E-state index in [1.165, 1.54) is 25.9 Å². The monoisotopic (exact) mass is 293 g/mol. The van der Waals surface area contributed by atoms with Crippen LogP contribution in [-0.4, -0.2) is 44.2 Å². The summed E-state index contributed by atoms with van der Waals surface area (Å²) in [6.07, 6.45) is 2.60. The van der Waals surface area contributed by atoms with Gasteiger partial charge >= 0.3 is 0 Å². The lowest BCUT2D eigenvalue weighted by atomic mass is 10.1. The van der Waals surface area contributed by atoms with Crippen molar-refractivity contribution < 1.29 is 4.39 Å². The Morgan fingerprint density at radius 3 is 2.67 bits per heavy atom. The second kappa shape index (κ2) is 7.76. The van der Waals surface area contributed by atoms with Crippen molar-refractivity contribution in [2.45, 2.75) is 39.3 Å². The van der Waals surface area contributed by atoms with Crippen LogP contribution in [0, 0.1) is 5.82 Å². The fraction of sp³-hybridized carbons (Fsp3) is 0.647. The van der Waals surface area contributed by atoms with E-state index >= 15 is 0 Å². The molecule has 0 atom stereocenters. The highest BCUT2D eigenvalue weighted by Crippen LogP contribution is 2.23. The van der Waals surface area contributed by atoms with Gasteiger partial charge in [0.15, 0.2) is 0 Å². The van der Waals surface area contributed by atoms with Gasteiger partial charge in [-0.15, -0.1) is 0 Å². The molecular formula is C17H28FN3. The van der Waals surface area contributed by atoms with Gasteiger partial charge in [0.2, 0.25) is 0 Å². The third kappa shape index (κ3) is 4.68. The summed E-state index contributed by atoms with van der Waals surface area (Å²) in [5, 5.41) is 3.38. The van der Waals surface area contributed by atoms with Gasteiger partial charge in [0.25, 0.3) is 0 Å². The summed E-state index contributed by atoms with van der Waals surface area (Å²) in [7, 11) is 1.99. The zero-order valence-corrected chi connectivity index (χ0v) is 13.5. The average Bonchev–Trinajstić information content (AvgIpc) is 2.95. The van der Waals surface area contributed by atoms with Crippen molar-refractivity contribution >= 4 is 5.69 Å². The summed E-state index contributed by atoms with van der Waals surface area (Å²) in [4.78, 5) is 4.52. The number of rotatable bonds is 7. The summed E-state index contributed by atoms with van der Waals surface area (Å²) in [5.41, 5.74) is 1.78. The van der Waals surface area contributed by atoms with Crippen LogP contribution >= 0.6 is 0 Å². The van der Waals surface area contributed by atoms with Crippen molar-refractivity contribution in [1.29, 1.82) is 0 Å². The van der Waals surface area contributed by atoms with E-state index in [-0.39, 0.29) is 5.82 Å². The first-order valence-electron chi connectivity index (χ1n) is 8.02. The van der Waals surface area contributed by atoms with Crippen molar-refractivity contribution in [2.24, 2.45) is 0 Å². The lowest BCUT2D eigenvalue weighted by Gasteiger charge is -2.26. The van der Waals surface area contributed by atoms with Crippen molar-refractivity contribution in [3.05, 3.63) is 29.6 Å². The number of hydrogen-bond acceptors (Lipinski definition) is 3. The second-order valence-electron chi connectivity index (χ2n) is 6.25. The Bertz CT molecular complexity index is 442. The largest absolute Gasteiger partial charge is 0.371 e. The molecule has 4 heteroatoms. The van der Waals surface area contributed by atoms with E-state index in [4.69, 9.17) is 0 Å². The van der Waals surface area contributed by atoms with E-state index in [2.05, 4.69) is 29.0 Å². The van der Waals surface area contributed by atoms with E-state index < -0.39 is 0 Å². The maximum Gasteiger partial charge on any atom is 0.146 e. The molecule has 21 heavy (non-hydrogen) atoms. The smallest absolute Gasteiger partial charge is 0.146 e.